The van der Waals surface area contributed by atoms with Gasteiger partial charge in [0.25, 0.3) is 0 Å². The van der Waals surface area contributed by atoms with Gasteiger partial charge < -0.3 is 4.90 Å². The summed E-state index contributed by atoms with van der Waals surface area (Å²) >= 11 is 0. The molecule has 1 heterocycles. The van der Waals surface area contributed by atoms with Gasteiger partial charge in [-0.3, -0.25) is 9.59 Å². The molecule has 1 amide bonds. The van der Waals surface area contributed by atoms with E-state index in [2.05, 4.69) is 6.92 Å². The average Bonchev–Trinajstić information content (AvgIpc) is 2.29. The molecule has 0 aromatic heterocycles. The Bertz CT molecular complexity index is 242. The molecule has 0 unspecified atom stereocenters. The molecule has 16 heavy (non-hydrogen) atoms. The molecule has 0 radical (unpaired) electrons. The Kier molecular flexibility index (Phi) is 5.50. The molecular formula is C13H23NO2. The number of ketones is 1. The van der Waals surface area contributed by atoms with E-state index < -0.39 is 0 Å². The Morgan fingerprint density at radius 2 is 1.81 bits per heavy atom. The average molecular weight is 225 g/mol. The Morgan fingerprint density at radius 1 is 1.19 bits per heavy atom. The van der Waals surface area contributed by atoms with Gasteiger partial charge >= 0.3 is 0 Å². The summed E-state index contributed by atoms with van der Waals surface area (Å²) in [5.74, 6) is 1.25. The molecule has 1 rings (SSSR count). The highest BCUT2D eigenvalue weighted by atomic mass is 16.2. The molecule has 1 fully saturated rings. The van der Waals surface area contributed by atoms with Crippen LogP contribution in [0.15, 0.2) is 0 Å². The van der Waals surface area contributed by atoms with E-state index in [4.69, 9.17) is 0 Å². The van der Waals surface area contributed by atoms with Crippen molar-refractivity contribution in [3.63, 3.8) is 0 Å². The van der Waals surface area contributed by atoms with E-state index in [1.807, 2.05) is 11.8 Å². The second kappa shape index (κ2) is 6.66. The van der Waals surface area contributed by atoms with Gasteiger partial charge in [0.05, 0.1) is 0 Å². The Balaban J connectivity index is 2.17. The normalized spacial score (nSPS) is 17.5. The second-order valence-electron chi connectivity index (χ2n) is 4.81. The number of amides is 1. The van der Waals surface area contributed by atoms with Crippen LogP contribution in [0.3, 0.4) is 0 Å². The molecule has 0 saturated carbocycles. The summed E-state index contributed by atoms with van der Waals surface area (Å²) in [6.45, 7) is 5.92. The van der Waals surface area contributed by atoms with Gasteiger partial charge in [0.1, 0.15) is 5.78 Å². The summed E-state index contributed by atoms with van der Waals surface area (Å²) in [5, 5.41) is 0. The van der Waals surface area contributed by atoms with Crippen LogP contribution in [0.4, 0.5) is 0 Å². The van der Waals surface area contributed by atoms with Crippen molar-refractivity contribution in [2.24, 2.45) is 5.92 Å². The van der Waals surface area contributed by atoms with E-state index in [-0.39, 0.29) is 11.7 Å². The predicted octanol–water partition coefficient (Wildman–Crippen LogP) is 2.39. The first kappa shape index (κ1) is 13.2. The summed E-state index contributed by atoms with van der Waals surface area (Å²) < 4.78 is 0. The summed E-state index contributed by atoms with van der Waals surface area (Å²) in [4.78, 5) is 24.8. The van der Waals surface area contributed by atoms with Crippen LogP contribution in [0.5, 0.6) is 0 Å². The highest BCUT2D eigenvalue weighted by molar-refractivity contribution is 5.80. The van der Waals surface area contributed by atoms with Crippen molar-refractivity contribution < 1.29 is 9.59 Å². The van der Waals surface area contributed by atoms with Crippen LogP contribution < -0.4 is 0 Å². The molecule has 0 aromatic rings. The molecule has 0 N–H and O–H groups in total. The highest BCUT2D eigenvalue weighted by Gasteiger charge is 2.19. The van der Waals surface area contributed by atoms with Crippen LogP contribution in [-0.4, -0.2) is 29.7 Å². The van der Waals surface area contributed by atoms with Crippen LogP contribution in [-0.2, 0) is 9.59 Å². The predicted molar refractivity (Wildman–Crippen MR) is 64.1 cm³/mol. The number of rotatable bonds is 5. The highest BCUT2D eigenvalue weighted by Crippen LogP contribution is 2.17. The molecule has 1 aliphatic rings. The number of Topliss-reactive ketones (excluding diaryl/α,β-unsaturated/α-hetero) is 1. The van der Waals surface area contributed by atoms with Crippen LogP contribution in [0.2, 0.25) is 0 Å². The number of hydrogen-bond acceptors (Lipinski definition) is 2. The van der Waals surface area contributed by atoms with Gasteiger partial charge in [0.2, 0.25) is 5.91 Å². The third kappa shape index (κ3) is 4.33. The van der Waals surface area contributed by atoms with Crippen LogP contribution in [0, 0.1) is 5.92 Å². The molecule has 1 aliphatic heterocycles. The van der Waals surface area contributed by atoms with Crippen molar-refractivity contribution in [2.45, 2.75) is 52.4 Å². The standard InChI is InChI=1S/C13H23NO2/c1-3-12(15)5-4-6-13(16)14-9-7-11(2)8-10-14/h11H,3-10H2,1-2H3. The van der Waals surface area contributed by atoms with E-state index in [0.717, 1.165) is 38.3 Å². The maximum atomic E-state index is 11.8. The van der Waals surface area contributed by atoms with Gasteiger partial charge in [-0.25, -0.2) is 0 Å². The summed E-state index contributed by atoms with van der Waals surface area (Å²) in [5.41, 5.74) is 0. The minimum atomic E-state index is 0.232. The molecular weight excluding hydrogens is 202 g/mol. The lowest BCUT2D eigenvalue weighted by molar-refractivity contribution is -0.132. The van der Waals surface area contributed by atoms with Gasteiger partial charge in [-0.1, -0.05) is 13.8 Å². The number of hydrogen-bond donors (Lipinski definition) is 0. The summed E-state index contributed by atoms with van der Waals surface area (Å²) in [6, 6.07) is 0. The largest absolute Gasteiger partial charge is 0.343 e. The molecule has 0 atom stereocenters. The minimum absolute atomic E-state index is 0.232. The molecule has 0 aromatic carbocycles. The van der Waals surface area contributed by atoms with Crippen LogP contribution >= 0.6 is 0 Å². The van der Waals surface area contributed by atoms with Crippen molar-refractivity contribution in [2.75, 3.05) is 13.1 Å². The number of nitrogens with zero attached hydrogens (tertiary/aromatic N) is 1. The summed E-state index contributed by atoms with van der Waals surface area (Å²) in [6.07, 6.45) is 4.67. The number of piperidine rings is 1. The SMILES string of the molecule is CCC(=O)CCCC(=O)N1CCC(C)CC1. The number of carbonyl (C=O) groups excluding carboxylic acids is 2. The van der Waals surface area contributed by atoms with E-state index in [9.17, 15) is 9.59 Å². The monoisotopic (exact) mass is 225 g/mol. The first-order chi connectivity index (χ1) is 7.63. The zero-order valence-corrected chi connectivity index (χ0v) is 10.5. The van der Waals surface area contributed by atoms with Crippen molar-refractivity contribution in [3.8, 4) is 0 Å². The smallest absolute Gasteiger partial charge is 0.222 e. The zero-order chi connectivity index (χ0) is 12.0. The number of likely N-dealkylation sites (tertiary alicyclic amines) is 1. The van der Waals surface area contributed by atoms with Gasteiger partial charge in [-0.15, -0.1) is 0 Å². The maximum Gasteiger partial charge on any atom is 0.222 e. The molecule has 1 saturated heterocycles. The number of carbonyl (C=O) groups is 2. The minimum Gasteiger partial charge on any atom is -0.343 e. The van der Waals surface area contributed by atoms with Gasteiger partial charge in [-0.2, -0.15) is 0 Å². The first-order valence-electron chi connectivity index (χ1n) is 6.43. The van der Waals surface area contributed by atoms with E-state index in [0.29, 0.717) is 19.3 Å². The van der Waals surface area contributed by atoms with Gasteiger partial charge in [0, 0.05) is 32.4 Å². The van der Waals surface area contributed by atoms with Gasteiger partial charge in [-0.05, 0) is 25.2 Å². The van der Waals surface area contributed by atoms with E-state index >= 15 is 0 Å². The summed E-state index contributed by atoms with van der Waals surface area (Å²) in [7, 11) is 0. The maximum absolute atomic E-state index is 11.8. The quantitative estimate of drug-likeness (QED) is 0.720. The Labute approximate surface area is 98.2 Å². The fourth-order valence-electron chi connectivity index (χ4n) is 2.03. The van der Waals surface area contributed by atoms with Crippen LogP contribution in [0.1, 0.15) is 52.4 Å². The molecule has 0 aliphatic carbocycles. The molecule has 0 bridgehead atoms. The molecule has 3 nitrogen and oxygen atoms in total. The fraction of sp³-hybridized carbons (Fsp3) is 0.846. The van der Waals surface area contributed by atoms with Crippen molar-refractivity contribution >= 4 is 11.7 Å². The van der Waals surface area contributed by atoms with E-state index in [1.165, 1.54) is 0 Å². The van der Waals surface area contributed by atoms with Crippen molar-refractivity contribution in [1.29, 1.82) is 0 Å². The lowest BCUT2D eigenvalue weighted by atomic mass is 9.99. The Hall–Kier alpha value is -0.860. The molecule has 92 valence electrons. The van der Waals surface area contributed by atoms with Crippen molar-refractivity contribution in [3.05, 3.63) is 0 Å². The third-order valence-corrected chi connectivity index (χ3v) is 3.38. The van der Waals surface area contributed by atoms with Crippen molar-refractivity contribution in [1.82, 2.24) is 4.90 Å². The fourth-order valence-corrected chi connectivity index (χ4v) is 2.03. The zero-order valence-electron chi connectivity index (χ0n) is 10.5. The first-order valence-corrected chi connectivity index (χ1v) is 6.43. The second-order valence-corrected chi connectivity index (χ2v) is 4.81. The Morgan fingerprint density at radius 3 is 2.38 bits per heavy atom. The third-order valence-electron chi connectivity index (χ3n) is 3.38. The molecule has 3 heteroatoms. The van der Waals surface area contributed by atoms with Gasteiger partial charge in [0.15, 0.2) is 0 Å². The lowest BCUT2D eigenvalue weighted by Gasteiger charge is -2.30. The van der Waals surface area contributed by atoms with E-state index in [1.54, 1.807) is 0 Å². The molecule has 0 spiro atoms. The van der Waals surface area contributed by atoms with Crippen LogP contribution in [0.25, 0.3) is 0 Å². The topological polar surface area (TPSA) is 37.4 Å². The lowest BCUT2D eigenvalue weighted by Crippen LogP contribution is -2.37.